The lowest BCUT2D eigenvalue weighted by Gasteiger charge is -2.36. The fourth-order valence-corrected chi connectivity index (χ4v) is 2.82. The predicted octanol–water partition coefficient (Wildman–Crippen LogP) is 3.46. The normalized spacial score (nSPS) is 18.0. The molecule has 0 bridgehead atoms. The summed E-state index contributed by atoms with van der Waals surface area (Å²) in [6.07, 6.45) is 4.01. The van der Waals surface area contributed by atoms with E-state index in [4.69, 9.17) is 5.73 Å². The zero-order valence-corrected chi connectivity index (χ0v) is 11.5. The van der Waals surface area contributed by atoms with Gasteiger partial charge >= 0.3 is 0 Å². The van der Waals surface area contributed by atoms with Crippen molar-refractivity contribution >= 4 is 21.6 Å². The molecule has 2 N–H and O–H groups in total. The summed E-state index contributed by atoms with van der Waals surface area (Å²) in [5, 5.41) is 0. The lowest BCUT2D eigenvalue weighted by atomic mass is 9.91. The molecule has 0 aliphatic heterocycles. The third-order valence-corrected chi connectivity index (χ3v) is 4.19. The monoisotopic (exact) mass is 282 g/mol. The Morgan fingerprint density at radius 3 is 2.56 bits per heavy atom. The minimum atomic E-state index is 0.0810. The maximum Gasteiger partial charge on any atom is 0.0377 e. The number of nitrogens with zero attached hydrogens (tertiary/aromatic N) is 1. The summed E-state index contributed by atoms with van der Waals surface area (Å²) in [6, 6.07) is 7.28. The van der Waals surface area contributed by atoms with Crippen molar-refractivity contribution in [3.05, 3.63) is 28.2 Å². The van der Waals surface area contributed by atoms with Crippen molar-refractivity contribution in [2.24, 2.45) is 5.73 Å². The Labute approximate surface area is 106 Å². The van der Waals surface area contributed by atoms with Gasteiger partial charge in [0.1, 0.15) is 0 Å². The molecule has 1 fully saturated rings. The van der Waals surface area contributed by atoms with Gasteiger partial charge in [-0.3, -0.25) is 0 Å². The molecule has 0 radical (unpaired) electrons. The molecule has 88 valence electrons. The SMILES string of the molecule is C[C@@H](N)c1ccc(N(C)C2CCC2)cc1Br. The molecule has 1 saturated carbocycles. The Kier molecular flexibility index (Phi) is 3.55. The highest BCUT2D eigenvalue weighted by molar-refractivity contribution is 9.10. The van der Waals surface area contributed by atoms with Gasteiger partial charge in [-0.25, -0.2) is 0 Å². The first-order chi connectivity index (χ1) is 7.59. The number of rotatable bonds is 3. The second kappa shape index (κ2) is 4.76. The van der Waals surface area contributed by atoms with E-state index in [1.54, 1.807) is 0 Å². The molecule has 2 rings (SSSR count). The second-order valence-corrected chi connectivity index (χ2v) is 5.54. The predicted molar refractivity (Wildman–Crippen MR) is 72.8 cm³/mol. The van der Waals surface area contributed by atoms with Crippen LogP contribution in [0.15, 0.2) is 22.7 Å². The van der Waals surface area contributed by atoms with E-state index in [1.165, 1.54) is 30.5 Å². The van der Waals surface area contributed by atoms with Crippen LogP contribution in [0.3, 0.4) is 0 Å². The smallest absolute Gasteiger partial charge is 0.0377 e. The van der Waals surface area contributed by atoms with Crippen molar-refractivity contribution in [1.29, 1.82) is 0 Å². The maximum absolute atomic E-state index is 5.89. The van der Waals surface area contributed by atoms with Gasteiger partial charge in [0, 0.05) is 29.3 Å². The summed E-state index contributed by atoms with van der Waals surface area (Å²) in [4.78, 5) is 2.37. The zero-order chi connectivity index (χ0) is 11.7. The molecule has 0 aromatic heterocycles. The van der Waals surface area contributed by atoms with Crippen LogP contribution in [0.25, 0.3) is 0 Å². The van der Waals surface area contributed by atoms with Crippen LogP contribution in [0.4, 0.5) is 5.69 Å². The number of hydrogen-bond donors (Lipinski definition) is 1. The number of nitrogens with two attached hydrogens (primary N) is 1. The van der Waals surface area contributed by atoms with Gasteiger partial charge in [0.2, 0.25) is 0 Å². The molecule has 3 heteroatoms. The van der Waals surface area contributed by atoms with E-state index in [0.717, 1.165) is 10.5 Å². The average molecular weight is 283 g/mol. The van der Waals surface area contributed by atoms with Gasteiger partial charge in [-0.15, -0.1) is 0 Å². The van der Waals surface area contributed by atoms with Crippen LogP contribution < -0.4 is 10.6 Å². The fraction of sp³-hybridized carbons (Fsp3) is 0.538. The van der Waals surface area contributed by atoms with Crippen molar-refractivity contribution in [2.75, 3.05) is 11.9 Å². The van der Waals surface area contributed by atoms with Crippen LogP contribution in [-0.4, -0.2) is 13.1 Å². The number of anilines is 1. The third-order valence-electron chi connectivity index (χ3n) is 3.50. The highest BCUT2D eigenvalue weighted by atomic mass is 79.9. The van der Waals surface area contributed by atoms with E-state index in [9.17, 15) is 0 Å². The standard InChI is InChI=1S/C13H19BrN2/c1-9(15)12-7-6-11(8-13(12)14)16(2)10-4-3-5-10/h6-10H,3-5,15H2,1-2H3/t9-/m1/s1. The second-order valence-electron chi connectivity index (χ2n) is 4.69. The summed E-state index contributed by atoms with van der Waals surface area (Å²) >= 11 is 3.60. The van der Waals surface area contributed by atoms with Crippen molar-refractivity contribution in [2.45, 2.75) is 38.3 Å². The quantitative estimate of drug-likeness (QED) is 0.920. The maximum atomic E-state index is 5.89. The van der Waals surface area contributed by atoms with Crippen LogP contribution in [0.2, 0.25) is 0 Å². The van der Waals surface area contributed by atoms with E-state index in [2.05, 4.69) is 46.1 Å². The summed E-state index contributed by atoms with van der Waals surface area (Å²) in [7, 11) is 2.18. The molecule has 1 aromatic rings. The zero-order valence-electron chi connectivity index (χ0n) is 9.91. The molecule has 1 aromatic carbocycles. The molecule has 1 aliphatic carbocycles. The van der Waals surface area contributed by atoms with Crippen molar-refractivity contribution in [3.8, 4) is 0 Å². The Bertz CT molecular complexity index is 372. The first-order valence-electron chi connectivity index (χ1n) is 5.87. The largest absolute Gasteiger partial charge is 0.372 e. The lowest BCUT2D eigenvalue weighted by molar-refractivity contribution is 0.401. The highest BCUT2D eigenvalue weighted by Crippen LogP contribution is 2.32. The van der Waals surface area contributed by atoms with E-state index in [1.807, 2.05) is 6.92 Å². The van der Waals surface area contributed by atoms with Gasteiger partial charge in [-0.2, -0.15) is 0 Å². The number of hydrogen-bond acceptors (Lipinski definition) is 2. The molecule has 0 amide bonds. The first-order valence-corrected chi connectivity index (χ1v) is 6.66. The van der Waals surface area contributed by atoms with Gasteiger partial charge in [-0.1, -0.05) is 22.0 Å². The molecule has 16 heavy (non-hydrogen) atoms. The van der Waals surface area contributed by atoms with Crippen molar-refractivity contribution < 1.29 is 0 Å². The van der Waals surface area contributed by atoms with Gasteiger partial charge in [0.05, 0.1) is 0 Å². The molecular formula is C13H19BrN2. The minimum Gasteiger partial charge on any atom is -0.372 e. The van der Waals surface area contributed by atoms with Gasteiger partial charge in [0.25, 0.3) is 0 Å². The Balaban J connectivity index is 2.19. The van der Waals surface area contributed by atoms with Crippen LogP contribution in [0.5, 0.6) is 0 Å². The molecule has 1 atom stereocenters. The Morgan fingerprint density at radius 2 is 2.12 bits per heavy atom. The van der Waals surface area contributed by atoms with Crippen molar-refractivity contribution in [3.63, 3.8) is 0 Å². The highest BCUT2D eigenvalue weighted by Gasteiger charge is 2.22. The van der Waals surface area contributed by atoms with Crippen LogP contribution in [-0.2, 0) is 0 Å². The van der Waals surface area contributed by atoms with Gasteiger partial charge in [-0.05, 0) is 43.9 Å². The van der Waals surface area contributed by atoms with E-state index in [-0.39, 0.29) is 6.04 Å². The van der Waals surface area contributed by atoms with Gasteiger partial charge < -0.3 is 10.6 Å². The molecule has 0 heterocycles. The average Bonchev–Trinajstić information content (AvgIpc) is 2.14. The summed E-state index contributed by atoms with van der Waals surface area (Å²) in [6.45, 7) is 2.01. The summed E-state index contributed by atoms with van der Waals surface area (Å²) < 4.78 is 1.12. The molecule has 0 unspecified atom stereocenters. The molecule has 2 nitrogen and oxygen atoms in total. The topological polar surface area (TPSA) is 29.3 Å². The molecule has 0 spiro atoms. The summed E-state index contributed by atoms with van der Waals surface area (Å²) in [5.41, 5.74) is 8.34. The molecule has 1 aliphatic rings. The lowest BCUT2D eigenvalue weighted by Crippen LogP contribution is -2.37. The van der Waals surface area contributed by atoms with E-state index in [0.29, 0.717) is 0 Å². The Hall–Kier alpha value is -0.540. The fourth-order valence-electron chi connectivity index (χ4n) is 2.09. The van der Waals surface area contributed by atoms with Crippen LogP contribution >= 0.6 is 15.9 Å². The first kappa shape index (κ1) is 11.9. The van der Waals surface area contributed by atoms with Crippen LogP contribution in [0, 0.1) is 0 Å². The summed E-state index contributed by atoms with van der Waals surface area (Å²) in [5.74, 6) is 0. The van der Waals surface area contributed by atoms with Gasteiger partial charge in [0.15, 0.2) is 0 Å². The van der Waals surface area contributed by atoms with Crippen LogP contribution in [0.1, 0.15) is 37.8 Å². The Morgan fingerprint density at radius 1 is 1.44 bits per heavy atom. The number of benzene rings is 1. The molecular weight excluding hydrogens is 264 g/mol. The minimum absolute atomic E-state index is 0.0810. The third kappa shape index (κ3) is 2.25. The molecule has 0 saturated heterocycles. The van der Waals surface area contributed by atoms with E-state index < -0.39 is 0 Å². The number of halogens is 1. The van der Waals surface area contributed by atoms with E-state index >= 15 is 0 Å². The van der Waals surface area contributed by atoms with Crippen molar-refractivity contribution in [1.82, 2.24) is 0 Å².